The number of nitrogens with one attached hydrogen (secondary N) is 1. The fourth-order valence-electron chi connectivity index (χ4n) is 6.86. The Hall–Kier alpha value is -2.41. The van der Waals surface area contributed by atoms with Gasteiger partial charge in [0, 0.05) is 22.5 Å². The number of aryl methyl sites for hydroxylation is 3. The molecule has 1 heterocycles. The van der Waals surface area contributed by atoms with Crippen molar-refractivity contribution in [1.82, 2.24) is 9.97 Å². The van der Waals surface area contributed by atoms with Gasteiger partial charge in [0.2, 0.25) is 11.8 Å². The van der Waals surface area contributed by atoms with E-state index in [2.05, 4.69) is 38.0 Å². The molecular weight excluding hydrogens is 456 g/mol. The fourth-order valence-corrected chi connectivity index (χ4v) is 7.13. The molecule has 31 heavy (non-hydrogen) atoms. The summed E-state index contributed by atoms with van der Waals surface area (Å²) in [5.41, 5.74) is 12.8. The van der Waals surface area contributed by atoms with Gasteiger partial charge in [0.1, 0.15) is 5.82 Å². The molecule has 6 nitrogen and oxygen atoms in total. The number of rotatable bonds is 6. The second kappa shape index (κ2) is 6.55. The van der Waals surface area contributed by atoms with Gasteiger partial charge in [-0.3, -0.25) is 9.59 Å². The summed E-state index contributed by atoms with van der Waals surface area (Å²) in [6.07, 6.45) is 7.15. The minimum atomic E-state index is -1.17. The number of benzene rings is 1. The molecule has 2 amide bonds. The smallest absolute Gasteiger partial charge is 0.229 e. The third kappa shape index (κ3) is 2.41. The predicted molar refractivity (Wildman–Crippen MR) is 121 cm³/mol. The third-order valence-corrected chi connectivity index (χ3v) is 8.85. The zero-order chi connectivity index (χ0) is 22.2. The predicted octanol–water partition coefficient (Wildman–Crippen LogP) is 3.21. The van der Waals surface area contributed by atoms with Crippen molar-refractivity contribution in [3.05, 3.63) is 63.7 Å². The van der Waals surface area contributed by atoms with E-state index in [9.17, 15) is 9.59 Å². The van der Waals surface area contributed by atoms with Crippen LogP contribution >= 0.6 is 15.9 Å². The SMILES string of the molecule is Cc1nc(CC[C@@]2(C(N)=O)[C@H]3C=C[C@H](C34CC4)[C@@]2(C(N)=O)c2ccc(Br)cc2)[nH]c1C. The van der Waals surface area contributed by atoms with E-state index < -0.39 is 22.6 Å². The molecule has 162 valence electrons. The number of primary amides is 2. The molecule has 0 radical (unpaired) electrons. The van der Waals surface area contributed by atoms with Gasteiger partial charge >= 0.3 is 0 Å². The highest BCUT2D eigenvalue weighted by atomic mass is 79.9. The van der Waals surface area contributed by atoms with Crippen molar-refractivity contribution in [2.24, 2.45) is 34.1 Å². The topological polar surface area (TPSA) is 115 Å². The number of imidazole rings is 1. The number of hydrogen-bond acceptors (Lipinski definition) is 3. The molecule has 7 heteroatoms. The number of hydrogen-bond donors (Lipinski definition) is 3. The highest BCUT2D eigenvalue weighted by molar-refractivity contribution is 9.10. The molecule has 5 rings (SSSR count). The van der Waals surface area contributed by atoms with Gasteiger partial charge in [-0.15, -0.1) is 0 Å². The van der Waals surface area contributed by atoms with Gasteiger partial charge in [0.25, 0.3) is 0 Å². The fraction of sp³-hybridized carbons (Fsp3) is 0.458. The Morgan fingerprint density at radius 2 is 1.74 bits per heavy atom. The first-order chi connectivity index (χ1) is 14.7. The number of aromatic nitrogens is 2. The minimum Gasteiger partial charge on any atom is -0.369 e. The van der Waals surface area contributed by atoms with Gasteiger partial charge in [-0.2, -0.15) is 0 Å². The second-order valence-corrected chi connectivity index (χ2v) is 10.4. The van der Waals surface area contributed by atoms with Gasteiger partial charge in [0.05, 0.1) is 16.5 Å². The highest BCUT2D eigenvalue weighted by Gasteiger charge is 2.82. The molecule has 1 aromatic heterocycles. The minimum absolute atomic E-state index is 0.101. The summed E-state index contributed by atoms with van der Waals surface area (Å²) in [5, 5.41) is 0. The average Bonchev–Trinajstić information content (AvgIpc) is 3.28. The van der Waals surface area contributed by atoms with E-state index in [1.807, 2.05) is 38.1 Å². The molecule has 2 fully saturated rings. The molecule has 2 aromatic rings. The highest BCUT2D eigenvalue weighted by Crippen LogP contribution is 2.80. The van der Waals surface area contributed by atoms with Crippen LogP contribution in [0.15, 0.2) is 40.9 Å². The van der Waals surface area contributed by atoms with Crippen LogP contribution in [0.5, 0.6) is 0 Å². The number of allylic oxidation sites excluding steroid dienone is 2. The maximum absolute atomic E-state index is 13.4. The number of carbonyl (C=O) groups is 2. The van der Waals surface area contributed by atoms with E-state index in [1.54, 1.807) is 0 Å². The standard InChI is InChI=1S/C24H27BrN4O2/c1-13-14(2)29-19(28-13)9-10-23(20(26)30)17-7-8-18(22(17)11-12-22)24(23,21(27)31)15-3-5-16(25)6-4-15/h3-8,17-18H,9-12H2,1-2H3,(H2,26,30)(H2,27,31)(H,28,29)/t17-,18+,23-,24+/m0/s1. The monoisotopic (exact) mass is 482 g/mol. The number of carbonyl (C=O) groups excluding carboxylic acids is 2. The normalized spacial score (nSPS) is 32.0. The molecule has 5 N–H and O–H groups in total. The Bertz CT molecular complexity index is 1100. The van der Waals surface area contributed by atoms with Crippen LogP contribution in [0.1, 0.15) is 42.0 Å². The molecule has 0 saturated heterocycles. The zero-order valence-electron chi connectivity index (χ0n) is 17.7. The first kappa shape index (κ1) is 20.5. The van der Waals surface area contributed by atoms with E-state index in [4.69, 9.17) is 11.5 Å². The number of H-pyrrole nitrogens is 1. The second-order valence-electron chi connectivity index (χ2n) is 9.48. The summed E-state index contributed by atoms with van der Waals surface area (Å²) >= 11 is 3.48. The summed E-state index contributed by atoms with van der Waals surface area (Å²) in [7, 11) is 0. The van der Waals surface area contributed by atoms with E-state index in [1.165, 1.54) is 0 Å². The maximum Gasteiger partial charge on any atom is 0.229 e. The largest absolute Gasteiger partial charge is 0.369 e. The molecule has 1 aromatic carbocycles. The van der Waals surface area contributed by atoms with Crippen molar-refractivity contribution < 1.29 is 9.59 Å². The third-order valence-electron chi connectivity index (χ3n) is 8.32. The zero-order valence-corrected chi connectivity index (χ0v) is 19.3. The van der Waals surface area contributed by atoms with Crippen LogP contribution in [0.3, 0.4) is 0 Å². The Labute approximate surface area is 190 Å². The number of aromatic amines is 1. The molecule has 2 saturated carbocycles. The van der Waals surface area contributed by atoms with Crippen LogP contribution in [0, 0.1) is 36.5 Å². The van der Waals surface area contributed by atoms with Crippen LogP contribution in [-0.4, -0.2) is 21.8 Å². The number of halogens is 1. The van der Waals surface area contributed by atoms with Crippen molar-refractivity contribution >= 4 is 27.7 Å². The van der Waals surface area contributed by atoms with Gasteiger partial charge in [0.15, 0.2) is 0 Å². The Kier molecular flexibility index (Phi) is 4.33. The van der Waals surface area contributed by atoms with Crippen molar-refractivity contribution in [1.29, 1.82) is 0 Å². The Morgan fingerprint density at radius 1 is 1.10 bits per heavy atom. The molecular formula is C24H27BrN4O2. The molecule has 0 unspecified atom stereocenters. The van der Waals surface area contributed by atoms with Gasteiger partial charge in [-0.05, 0) is 62.1 Å². The summed E-state index contributed by atoms with van der Waals surface area (Å²) in [5.74, 6) is -0.339. The number of amides is 2. The van der Waals surface area contributed by atoms with Crippen LogP contribution < -0.4 is 11.5 Å². The van der Waals surface area contributed by atoms with Crippen LogP contribution in [-0.2, 0) is 21.4 Å². The van der Waals surface area contributed by atoms with Crippen molar-refractivity contribution in [3.8, 4) is 0 Å². The Balaban J connectivity index is 1.71. The van der Waals surface area contributed by atoms with E-state index in [0.29, 0.717) is 12.8 Å². The molecule has 0 aliphatic heterocycles. The van der Waals surface area contributed by atoms with Gasteiger partial charge in [-0.25, -0.2) is 4.98 Å². The summed E-state index contributed by atoms with van der Waals surface area (Å²) in [6.45, 7) is 3.93. The molecule has 1 spiro atoms. The average molecular weight is 483 g/mol. The Morgan fingerprint density at radius 3 is 2.26 bits per heavy atom. The molecule has 3 aliphatic rings. The molecule has 4 atom stereocenters. The summed E-state index contributed by atoms with van der Waals surface area (Å²) in [6, 6.07) is 7.64. The number of nitrogens with two attached hydrogens (primary N) is 2. The van der Waals surface area contributed by atoms with Crippen LogP contribution in [0.25, 0.3) is 0 Å². The van der Waals surface area contributed by atoms with Crippen molar-refractivity contribution in [2.75, 3.05) is 0 Å². The summed E-state index contributed by atoms with van der Waals surface area (Å²) in [4.78, 5) is 34.8. The first-order valence-corrected chi connectivity index (χ1v) is 11.6. The van der Waals surface area contributed by atoms with Gasteiger partial charge in [-0.1, -0.05) is 40.2 Å². The van der Waals surface area contributed by atoms with Crippen molar-refractivity contribution in [2.45, 2.75) is 44.9 Å². The lowest BCUT2D eigenvalue weighted by Gasteiger charge is -2.48. The molecule has 3 aliphatic carbocycles. The van der Waals surface area contributed by atoms with Crippen LogP contribution in [0.2, 0.25) is 0 Å². The lowest BCUT2D eigenvalue weighted by Crippen LogP contribution is -2.62. The molecule has 2 bridgehead atoms. The lowest BCUT2D eigenvalue weighted by atomic mass is 9.52. The van der Waals surface area contributed by atoms with Crippen LogP contribution in [0.4, 0.5) is 0 Å². The quantitative estimate of drug-likeness (QED) is 0.548. The van der Waals surface area contributed by atoms with Gasteiger partial charge < -0.3 is 16.5 Å². The first-order valence-electron chi connectivity index (χ1n) is 10.8. The number of nitrogens with zero attached hydrogens (tertiary/aromatic N) is 1. The van der Waals surface area contributed by atoms with E-state index >= 15 is 0 Å². The lowest BCUT2D eigenvalue weighted by molar-refractivity contribution is -0.143. The van der Waals surface area contributed by atoms with Crippen molar-refractivity contribution in [3.63, 3.8) is 0 Å². The summed E-state index contributed by atoms with van der Waals surface area (Å²) < 4.78 is 0.905. The van der Waals surface area contributed by atoms with E-state index in [-0.39, 0.29) is 17.3 Å². The van der Waals surface area contributed by atoms with E-state index in [0.717, 1.165) is 40.1 Å². The maximum atomic E-state index is 13.4.